The van der Waals surface area contributed by atoms with Crippen LogP contribution < -0.4 is 25.0 Å². The Morgan fingerprint density at radius 1 is 1.58 bits per heavy atom. The Bertz CT molecular complexity index is 486. The summed E-state index contributed by atoms with van der Waals surface area (Å²) in [6.45, 7) is 2.14. The molecule has 0 spiro atoms. The van der Waals surface area contributed by atoms with Gasteiger partial charge < -0.3 is 0 Å². The number of nitrogens with zero attached hydrogens (tertiary/aromatic N) is 2. The van der Waals surface area contributed by atoms with Crippen molar-refractivity contribution in [2.45, 2.75) is 23.4 Å². The SMILES string of the molecule is CC1CSC(N[I-]C(Cc2ccccc2)N=C=S)=N1. The summed E-state index contributed by atoms with van der Waals surface area (Å²) in [5.41, 5.74) is 1.29. The van der Waals surface area contributed by atoms with Gasteiger partial charge in [-0.15, -0.1) is 0 Å². The van der Waals surface area contributed by atoms with Gasteiger partial charge in [0.25, 0.3) is 0 Å². The first-order chi connectivity index (χ1) is 9.28. The van der Waals surface area contributed by atoms with E-state index < -0.39 is 0 Å². The van der Waals surface area contributed by atoms with Crippen LogP contribution in [0, 0.1) is 0 Å². The third-order valence-corrected chi connectivity index (χ3v) is 6.36. The van der Waals surface area contributed by atoms with Crippen molar-refractivity contribution in [2.24, 2.45) is 9.98 Å². The molecule has 1 N–H and O–H groups in total. The first-order valence-corrected chi connectivity index (χ1v) is 9.69. The van der Waals surface area contributed by atoms with Gasteiger partial charge in [-0.2, -0.15) is 0 Å². The molecule has 0 fully saturated rings. The van der Waals surface area contributed by atoms with E-state index >= 15 is 0 Å². The Balaban J connectivity index is 1.89. The number of isothiocyanates is 1. The minimum atomic E-state index is -0.303. The molecule has 2 rings (SSSR count). The summed E-state index contributed by atoms with van der Waals surface area (Å²) >= 11 is 6.24. The van der Waals surface area contributed by atoms with Gasteiger partial charge in [-0.25, -0.2) is 0 Å². The van der Waals surface area contributed by atoms with Crippen molar-refractivity contribution in [3.63, 3.8) is 0 Å². The predicted octanol–water partition coefficient (Wildman–Crippen LogP) is -0.257. The van der Waals surface area contributed by atoms with Crippen LogP contribution in [0.15, 0.2) is 40.3 Å². The van der Waals surface area contributed by atoms with Crippen molar-refractivity contribution in [1.82, 2.24) is 3.53 Å². The van der Waals surface area contributed by atoms with Crippen molar-refractivity contribution in [3.8, 4) is 0 Å². The molecule has 2 unspecified atom stereocenters. The Kier molecular flexibility index (Phi) is 6.30. The van der Waals surface area contributed by atoms with Crippen molar-refractivity contribution < 1.29 is 21.5 Å². The number of alkyl halides is 1. The molecule has 1 heterocycles. The molecule has 0 saturated heterocycles. The zero-order valence-corrected chi connectivity index (χ0v) is 14.3. The fourth-order valence-electron chi connectivity index (χ4n) is 1.61. The number of amidine groups is 1. The monoisotopic (exact) mass is 404 g/mol. The summed E-state index contributed by atoms with van der Waals surface area (Å²) in [7, 11) is 0. The van der Waals surface area contributed by atoms with E-state index in [1.54, 1.807) is 11.8 Å². The summed E-state index contributed by atoms with van der Waals surface area (Å²) in [5, 5.41) is 3.59. The van der Waals surface area contributed by atoms with Gasteiger partial charge in [0.2, 0.25) is 0 Å². The standard InChI is InChI=1S/C13H15IN3S2/c1-10-8-19-13(16-10)17-14-12(15-9-18)7-11-5-3-2-4-6-11/h2-6,10,12H,7-8H2,1H3,(H,16,17)/q-1. The van der Waals surface area contributed by atoms with E-state index in [1.807, 2.05) is 6.07 Å². The van der Waals surface area contributed by atoms with Crippen LogP contribution in [0.5, 0.6) is 0 Å². The van der Waals surface area contributed by atoms with Gasteiger partial charge in [0.05, 0.1) is 0 Å². The van der Waals surface area contributed by atoms with Crippen LogP contribution in [-0.4, -0.2) is 26.2 Å². The predicted molar refractivity (Wildman–Crippen MR) is 81.5 cm³/mol. The van der Waals surface area contributed by atoms with E-state index in [1.165, 1.54) is 5.56 Å². The van der Waals surface area contributed by atoms with Crippen LogP contribution in [0.25, 0.3) is 0 Å². The molecular weight excluding hydrogens is 389 g/mol. The van der Waals surface area contributed by atoms with E-state index in [4.69, 9.17) is 12.2 Å². The Morgan fingerprint density at radius 2 is 2.37 bits per heavy atom. The van der Waals surface area contributed by atoms with Gasteiger partial charge in [-0.1, -0.05) is 0 Å². The fraction of sp³-hybridized carbons (Fsp3) is 0.385. The van der Waals surface area contributed by atoms with Crippen molar-refractivity contribution >= 4 is 34.3 Å². The molecule has 1 aliphatic heterocycles. The second kappa shape index (κ2) is 7.99. The van der Waals surface area contributed by atoms with Gasteiger partial charge in [0, 0.05) is 0 Å². The average Bonchev–Trinajstić information content (AvgIpc) is 2.83. The maximum atomic E-state index is 4.75. The van der Waals surface area contributed by atoms with E-state index in [9.17, 15) is 0 Å². The second-order valence-corrected chi connectivity index (χ2v) is 7.93. The molecule has 2 atom stereocenters. The molecular formula is C13H15IN3S2-. The number of aliphatic imine (C=N–C) groups is 2. The summed E-state index contributed by atoms with van der Waals surface area (Å²) in [6.07, 6.45) is 0.915. The Morgan fingerprint density at radius 3 is 3.00 bits per heavy atom. The van der Waals surface area contributed by atoms with Gasteiger partial charge in [-0.3, -0.25) is 0 Å². The maximum absolute atomic E-state index is 4.75. The molecule has 1 aromatic rings. The summed E-state index contributed by atoms with van der Waals surface area (Å²) < 4.78 is 3.68. The molecule has 0 radical (unpaired) electrons. The van der Waals surface area contributed by atoms with Crippen molar-refractivity contribution in [3.05, 3.63) is 35.9 Å². The summed E-state index contributed by atoms with van der Waals surface area (Å²) in [5.74, 6) is 1.08. The van der Waals surface area contributed by atoms with Crippen LogP contribution in [0.4, 0.5) is 0 Å². The summed E-state index contributed by atoms with van der Waals surface area (Å²) in [6, 6.07) is 10.8. The molecule has 0 saturated carbocycles. The van der Waals surface area contributed by atoms with Gasteiger partial charge in [0.15, 0.2) is 0 Å². The fourth-order valence-corrected chi connectivity index (χ4v) is 5.25. The van der Waals surface area contributed by atoms with E-state index in [-0.39, 0.29) is 25.5 Å². The molecule has 3 nitrogen and oxygen atoms in total. The molecule has 0 bridgehead atoms. The van der Waals surface area contributed by atoms with Gasteiger partial charge in [0.1, 0.15) is 0 Å². The number of benzene rings is 1. The third-order valence-electron chi connectivity index (χ3n) is 2.50. The van der Waals surface area contributed by atoms with Gasteiger partial charge in [-0.05, 0) is 0 Å². The second-order valence-electron chi connectivity index (χ2n) is 4.14. The van der Waals surface area contributed by atoms with Crippen LogP contribution in [0.2, 0.25) is 0 Å². The van der Waals surface area contributed by atoms with Crippen LogP contribution >= 0.6 is 24.0 Å². The van der Waals surface area contributed by atoms with Gasteiger partial charge >= 0.3 is 134 Å². The van der Waals surface area contributed by atoms with Crippen LogP contribution in [0.1, 0.15) is 12.5 Å². The third kappa shape index (κ3) is 5.22. The first-order valence-electron chi connectivity index (χ1n) is 5.98. The van der Waals surface area contributed by atoms with Crippen LogP contribution in [-0.2, 0) is 6.42 Å². The number of rotatable bonds is 5. The molecule has 1 aromatic carbocycles. The van der Waals surface area contributed by atoms with E-state index in [2.05, 4.69) is 49.9 Å². The summed E-state index contributed by atoms with van der Waals surface area (Å²) in [4.78, 5) is 8.82. The zero-order valence-electron chi connectivity index (χ0n) is 10.5. The van der Waals surface area contributed by atoms with Crippen LogP contribution in [0.3, 0.4) is 0 Å². The molecule has 102 valence electrons. The molecule has 0 aromatic heterocycles. The van der Waals surface area contributed by atoms with Crippen molar-refractivity contribution in [2.75, 3.05) is 5.75 Å². The Labute approximate surface area is 134 Å². The number of thioether (sulfide) groups is 1. The van der Waals surface area contributed by atoms with Crippen molar-refractivity contribution in [1.29, 1.82) is 0 Å². The average molecular weight is 404 g/mol. The zero-order chi connectivity index (χ0) is 13.5. The normalized spacial score (nSPS) is 19.6. The molecule has 0 aliphatic carbocycles. The molecule has 1 aliphatic rings. The molecule has 6 heteroatoms. The molecule has 0 amide bonds. The quantitative estimate of drug-likeness (QED) is 0.184. The number of thiocarbonyl (C=S) groups is 1. The number of hydrogen-bond donors (Lipinski definition) is 1. The number of halogens is 1. The number of nitrogens with one attached hydrogen (secondary N) is 1. The van der Waals surface area contributed by atoms with E-state index in [0.717, 1.165) is 17.3 Å². The minimum absolute atomic E-state index is 0.220. The first kappa shape index (κ1) is 15.0. The topological polar surface area (TPSA) is 36.8 Å². The molecule has 19 heavy (non-hydrogen) atoms. The van der Waals surface area contributed by atoms with E-state index in [0.29, 0.717) is 6.04 Å². The number of hydrogen-bond acceptors (Lipinski definition) is 5. The Hall–Kier alpha value is -0.430.